The van der Waals surface area contributed by atoms with Crippen LogP contribution in [0.4, 0.5) is 4.39 Å². The van der Waals surface area contributed by atoms with Crippen LogP contribution in [0.2, 0.25) is 5.02 Å². The zero-order chi connectivity index (χ0) is 14.7. The average molecular weight is 423 g/mol. The summed E-state index contributed by atoms with van der Waals surface area (Å²) in [5.74, 6) is 0.319. The molecule has 20 heavy (non-hydrogen) atoms. The molecule has 5 heteroatoms. The van der Waals surface area contributed by atoms with Gasteiger partial charge in [0.2, 0.25) is 0 Å². The van der Waals surface area contributed by atoms with Crippen molar-refractivity contribution >= 4 is 43.5 Å². The second kappa shape index (κ2) is 6.92. The smallest absolute Gasteiger partial charge is 0.142 e. The van der Waals surface area contributed by atoms with Gasteiger partial charge in [-0.25, -0.2) is 4.39 Å². The summed E-state index contributed by atoms with van der Waals surface area (Å²) < 4.78 is 20.1. The summed E-state index contributed by atoms with van der Waals surface area (Å²) in [4.78, 5) is -0.246. The lowest BCUT2D eigenvalue weighted by Crippen LogP contribution is -2.01. The molecule has 0 aliphatic rings. The molecule has 0 saturated carbocycles. The maximum Gasteiger partial charge on any atom is 0.142 e. The summed E-state index contributed by atoms with van der Waals surface area (Å²) in [6, 6.07) is 10.5. The zero-order valence-electron chi connectivity index (χ0n) is 10.7. The second-order valence-corrected chi connectivity index (χ2v) is 6.33. The van der Waals surface area contributed by atoms with E-state index in [4.69, 9.17) is 16.3 Å². The van der Waals surface area contributed by atoms with Crippen molar-refractivity contribution < 1.29 is 9.13 Å². The standard InChI is InChI=1S/C15H12Br2ClFO/c1-2-20-13-7-6-9(16)8-11(13)14(17)10-4-3-5-12(19)15(10)18/h3-8,14H,2H2,1H3. The van der Waals surface area contributed by atoms with E-state index < -0.39 is 5.82 Å². The monoisotopic (exact) mass is 420 g/mol. The van der Waals surface area contributed by atoms with E-state index in [1.807, 2.05) is 25.1 Å². The highest BCUT2D eigenvalue weighted by Gasteiger charge is 2.20. The molecule has 0 amide bonds. The molecule has 1 atom stereocenters. The number of halogens is 4. The number of ether oxygens (including phenoxy) is 1. The van der Waals surface area contributed by atoms with Gasteiger partial charge in [-0.05, 0) is 36.8 Å². The van der Waals surface area contributed by atoms with Crippen molar-refractivity contribution in [3.8, 4) is 5.75 Å². The van der Waals surface area contributed by atoms with E-state index in [9.17, 15) is 4.39 Å². The highest BCUT2D eigenvalue weighted by atomic mass is 79.9. The summed E-state index contributed by atoms with van der Waals surface area (Å²) in [7, 11) is 0. The predicted molar refractivity (Wildman–Crippen MR) is 87.5 cm³/mol. The Kier molecular flexibility index (Phi) is 5.47. The SMILES string of the molecule is CCOc1ccc(Br)cc1C(Br)c1cccc(F)c1Cl. The summed E-state index contributed by atoms with van der Waals surface area (Å²) in [6.45, 7) is 2.48. The first-order valence-corrected chi connectivity index (χ1v) is 8.13. The molecule has 0 saturated heterocycles. The fourth-order valence-corrected chi connectivity index (χ4v) is 3.37. The van der Waals surface area contributed by atoms with E-state index in [1.165, 1.54) is 6.07 Å². The lowest BCUT2D eigenvalue weighted by Gasteiger charge is -2.17. The van der Waals surface area contributed by atoms with Crippen molar-refractivity contribution in [3.05, 3.63) is 62.8 Å². The van der Waals surface area contributed by atoms with Crippen molar-refractivity contribution in [1.82, 2.24) is 0 Å². The molecule has 0 bridgehead atoms. The molecule has 1 unspecified atom stereocenters. The van der Waals surface area contributed by atoms with E-state index in [0.29, 0.717) is 12.2 Å². The van der Waals surface area contributed by atoms with Crippen LogP contribution in [0.3, 0.4) is 0 Å². The van der Waals surface area contributed by atoms with Crippen LogP contribution in [0.15, 0.2) is 40.9 Å². The molecule has 0 aromatic heterocycles. The Labute approximate surface area is 139 Å². The maximum atomic E-state index is 13.6. The molecular formula is C15H12Br2ClFO. The average Bonchev–Trinajstić information content (AvgIpc) is 2.43. The Morgan fingerprint density at radius 1 is 1.25 bits per heavy atom. The largest absolute Gasteiger partial charge is 0.494 e. The number of alkyl halides is 1. The van der Waals surface area contributed by atoms with Gasteiger partial charge in [0.05, 0.1) is 16.5 Å². The van der Waals surface area contributed by atoms with Crippen molar-refractivity contribution in [2.24, 2.45) is 0 Å². The van der Waals surface area contributed by atoms with Gasteiger partial charge < -0.3 is 4.74 Å². The van der Waals surface area contributed by atoms with Crippen molar-refractivity contribution in [1.29, 1.82) is 0 Å². The van der Waals surface area contributed by atoms with E-state index in [2.05, 4.69) is 31.9 Å². The molecule has 0 radical (unpaired) electrons. The fourth-order valence-electron chi connectivity index (χ4n) is 1.89. The zero-order valence-corrected chi connectivity index (χ0v) is 14.6. The summed E-state index contributed by atoms with van der Waals surface area (Å²) in [5.41, 5.74) is 1.57. The Bertz CT molecular complexity index is 619. The molecule has 106 valence electrons. The Morgan fingerprint density at radius 2 is 2.00 bits per heavy atom. The van der Waals surface area contributed by atoms with E-state index in [1.54, 1.807) is 12.1 Å². The minimum absolute atomic E-state index is 0.122. The van der Waals surface area contributed by atoms with Gasteiger partial charge in [-0.15, -0.1) is 0 Å². The number of hydrogen-bond donors (Lipinski definition) is 0. The van der Waals surface area contributed by atoms with Crippen LogP contribution in [0, 0.1) is 5.82 Å². The van der Waals surface area contributed by atoms with Gasteiger partial charge >= 0.3 is 0 Å². The third-order valence-electron chi connectivity index (χ3n) is 2.80. The highest BCUT2D eigenvalue weighted by Crippen LogP contribution is 2.41. The van der Waals surface area contributed by atoms with E-state index in [-0.39, 0.29) is 9.85 Å². The van der Waals surface area contributed by atoms with Gasteiger partial charge in [0.1, 0.15) is 11.6 Å². The normalized spacial score (nSPS) is 12.2. The van der Waals surface area contributed by atoms with Crippen molar-refractivity contribution in [2.75, 3.05) is 6.61 Å². The molecular weight excluding hydrogens is 410 g/mol. The van der Waals surface area contributed by atoms with Gasteiger partial charge in [0.25, 0.3) is 0 Å². The Hall–Kier alpha value is -0.580. The van der Waals surface area contributed by atoms with Crippen molar-refractivity contribution in [2.45, 2.75) is 11.8 Å². The first-order chi connectivity index (χ1) is 9.54. The minimum Gasteiger partial charge on any atom is -0.494 e. The van der Waals surface area contributed by atoms with Gasteiger partial charge in [0, 0.05) is 10.0 Å². The van der Waals surface area contributed by atoms with Crippen LogP contribution in [0.25, 0.3) is 0 Å². The molecule has 0 heterocycles. The third-order valence-corrected chi connectivity index (χ3v) is 4.68. The maximum absolute atomic E-state index is 13.6. The first-order valence-electron chi connectivity index (χ1n) is 6.04. The van der Waals surface area contributed by atoms with Crippen LogP contribution in [0.1, 0.15) is 22.9 Å². The topological polar surface area (TPSA) is 9.23 Å². The van der Waals surface area contributed by atoms with Gasteiger partial charge in [-0.2, -0.15) is 0 Å². The number of benzene rings is 2. The summed E-state index contributed by atoms with van der Waals surface area (Å²) in [5, 5.41) is 0.122. The number of hydrogen-bond acceptors (Lipinski definition) is 1. The fraction of sp³-hybridized carbons (Fsp3) is 0.200. The predicted octanol–water partition coefficient (Wildman–Crippen LogP) is 6.12. The Balaban J connectivity index is 2.49. The molecule has 0 aliphatic heterocycles. The first kappa shape index (κ1) is 15.8. The van der Waals surface area contributed by atoms with Gasteiger partial charge in [0.15, 0.2) is 0 Å². The van der Waals surface area contributed by atoms with Crippen LogP contribution >= 0.6 is 43.5 Å². The molecule has 1 nitrogen and oxygen atoms in total. The Morgan fingerprint density at radius 3 is 2.70 bits per heavy atom. The van der Waals surface area contributed by atoms with Crippen LogP contribution < -0.4 is 4.74 Å². The lowest BCUT2D eigenvalue weighted by atomic mass is 10.0. The van der Waals surface area contributed by atoms with Crippen molar-refractivity contribution in [3.63, 3.8) is 0 Å². The second-order valence-electron chi connectivity index (χ2n) is 4.12. The van der Waals surface area contributed by atoms with Gasteiger partial charge in [-0.1, -0.05) is 55.6 Å². The quantitative estimate of drug-likeness (QED) is 0.539. The van der Waals surface area contributed by atoms with E-state index in [0.717, 1.165) is 15.8 Å². The minimum atomic E-state index is -0.429. The molecule has 2 rings (SSSR count). The molecule has 2 aromatic rings. The molecule has 0 aliphatic carbocycles. The molecule has 0 N–H and O–H groups in total. The number of rotatable bonds is 4. The van der Waals surface area contributed by atoms with Crippen LogP contribution in [0.5, 0.6) is 5.75 Å². The van der Waals surface area contributed by atoms with Crippen LogP contribution in [-0.4, -0.2) is 6.61 Å². The highest BCUT2D eigenvalue weighted by molar-refractivity contribution is 9.10. The molecule has 2 aromatic carbocycles. The summed E-state index contributed by atoms with van der Waals surface area (Å²) >= 11 is 13.1. The van der Waals surface area contributed by atoms with E-state index >= 15 is 0 Å². The van der Waals surface area contributed by atoms with Crippen LogP contribution in [-0.2, 0) is 0 Å². The van der Waals surface area contributed by atoms with Gasteiger partial charge in [-0.3, -0.25) is 0 Å². The molecule has 0 spiro atoms. The summed E-state index contributed by atoms with van der Waals surface area (Å²) in [6.07, 6.45) is 0. The molecule has 0 fully saturated rings. The lowest BCUT2D eigenvalue weighted by molar-refractivity contribution is 0.337. The third kappa shape index (κ3) is 3.35.